The van der Waals surface area contributed by atoms with Crippen LogP contribution in [0.3, 0.4) is 0 Å². The average Bonchev–Trinajstić information content (AvgIpc) is 2.07. The Labute approximate surface area is 83.4 Å². The molecule has 0 aliphatic heterocycles. The van der Waals surface area contributed by atoms with E-state index >= 15 is 0 Å². The first-order valence-electron chi connectivity index (χ1n) is 4.43. The van der Waals surface area contributed by atoms with E-state index in [2.05, 4.69) is 0 Å². The van der Waals surface area contributed by atoms with Gasteiger partial charge in [-0.05, 0) is 17.6 Å². The molecule has 0 fully saturated rings. The van der Waals surface area contributed by atoms with Crippen LogP contribution in [0.2, 0.25) is 0 Å². The number of allylic oxidation sites excluding steroid dienone is 3. The molecule has 0 aromatic rings. The van der Waals surface area contributed by atoms with E-state index in [1.165, 1.54) is 13.2 Å². The fourth-order valence-electron chi connectivity index (χ4n) is 1.43. The number of carbonyl (C=O) groups is 2. The van der Waals surface area contributed by atoms with Crippen LogP contribution in [0.4, 0.5) is 0 Å². The molecule has 0 spiro atoms. The van der Waals surface area contributed by atoms with Crippen molar-refractivity contribution in [1.29, 1.82) is 0 Å². The number of carbonyl (C=O) groups excluding carboxylic acids is 2. The van der Waals surface area contributed by atoms with Gasteiger partial charge in [0.25, 0.3) is 0 Å². The van der Waals surface area contributed by atoms with Crippen LogP contribution in [0.5, 0.6) is 0 Å². The molecule has 0 atom stereocenters. The second kappa shape index (κ2) is 3.40. The van der Waals surface area contributed by atoms with E-state index in [1.807, 2.05) is 20.8 Å². The van der Waals surface area contributed by atoms with Gasteiger partial charge in [0.15, 0.2) is 0 Å². The summed E-state index contributed by atoms with van der Waals surface area (Å²) in [7, 11) is 1.49. The van der Waals surface area contributed by atoms with Crippen molar-refractivity contribution in [3.05, 3.63) is 23.5 Å². The highest BCUT2D eigenvalue weighted by atomic mass is 16.5. The van der Waals surface area contributed by atoms with E-state index in [9.17, 15) is 9.59 Å². The van der Waals surface area contributed by atoms with Gasteiger partial charge in [0, 0.05) is 0 Å². The lowest BCUT2D eigenvalue weighted by molar-refractivity contribution is -0.132. The van der Waals surface area contributed by atoms with Crippen molar-refractivity contribution in [2.75, 3.05) is 7.11 Å². The van der Waals surface area contributed by atoms with Gasteiger partial charge < -0.3 is 4.74 Å². The Kier molecular flexibility index (Phi) is 2.60. The summed E-state index contributed by atoms with van der Waals surface area (Å²) in [5, 5.41) is 0. The van der Waals surface area contributed by atoms with Gasteiger partial charge in [-0.15, -0.1) is 0 Å². The molecule has 3 heteroatoms. The molecular weight excluding hydrogens is 180 g/mol. The first-order valence-corrected chi connectivity index (χ1v) is 4.43. The summed E-state index contributed by atoms with van der Waals surface area (Å²) in [6.07, 6.45) is 2.79. The van der Waals surface area contributed by atoms with Gasteiger partial charge in [-0.2, -0.15) is 0 Å². The second-order valence-electron chi connectivity index (χ2n) is 4.22. The minimum atomic E-state index is -0.476. The highest BCUT2D eigenvalue weighted by Crippen LogP contribution is 2.31. The molecule has 1 rings (SSSR count). The molecule has 14 heavy (non-hydrogen) atoms. The molecule has 3 nitrogen and oxygen atoms in total. The van der Waals surface area contributed by atoms with Crippen molar-refractivity contribution in [3.8, 4) is 0 Å². The first-order chi connectivity index (χ1) is 6.38. The zero-order chi connectivity index (χ0) is 10.9. The predicted molar refractivity (Wildman–Crippen MR) is 52.6 cm³/mol. The Bertz CT molecular complexity index is 340. The Hall–Kier alpha value is -1.38. The summed E-state index contributed by atoms with van der Waals surface area (Å²) >= 11 is 0. The SMILES string of the molecule is COC1=C(C(C)(C)C)C(=O)C(=O)C=C1. The van der Waals surface area contributed by atoms with Gasteiger partial charge in [-0.1, -0.05) is 20.8 Å². The van der Waals surface area contributed by atoms with E-state index in [0.29, 0.717) is 11.3 Å². The number of rotatable bonds is 1. The van der Waals surface area contributed by atoms with Crippen molar-refractivity contribution < 1.29 is 14.3 Å². The number of hydrogen-bond donors (Lipinski definition) is 0. The molecule has 0 unspecified atom stereocenters. The lowest BCUT2D eigenvalue weighted by atomic mass is 9.80. The highest BCUT2D eigenvalue weighted by molar-refractivity contribution is 6.48. The van der Waals surface area contributed by atoms with Crippen molar-refractivity contribution in [2.24, 2.45) is 5.41 Å². The molecule has 76 valence electrons. The van der Waals surface area contributed by atoms with E-state index in [4.69, 9.17) is 4.74 Å². The zero-order valence-electron chi connectivity index (χ0n) is 8.88. The van der Waals surface area contributed by atoms with Crippen LogP contribution >= 0.6 is 0 Å². The van der Waals surface area contributed by atoms with E-state index < -0.39 is 11.6 Å². The van der Waals surface area contributed by atoms with Crippen molar-refractivity contribution in [3.63, 3.8) is 0 Å². The summed E-state index contributed by atoms with van der Waals surface area (Å²) in [4.78, 5) is 22.8. The molecule has 0 saturated carbocycles. The summed E-state index contributed by atoms with van der Waals surface area (Å²) in [5.41, 5.74) is 0.0792. The smallest absolute Gasteiger partial charge is 0.233 e. The van der Waals surface area contributed by atoms with Crippen LogP contribution in [-0.2, 0) is 14.3 Å². The van der Waals surface area contributed by atoms with Crippen molar-refractivity contribution >= 4 is 11.6 Å². The van der Waals surface area contributed by atoms with Crippen molar-refractivity contribution in [2.45, 2.75) is 20.8 Å². The largest absolute Gasteiger partial charge is 0.496 e. The van der Waals surface area contributed by atoms with Crippen LogP contribution in [-0.4, -0.2) is 18.7 Å². The van der Waals surface area contributed by atoms with Gasteiger partial charge in [0.2, 0.25) is 11.6 Å². The van der Waals surface area contributed by atoms with Crippen LogP contribution in [0.1, 0.15) is 20.8 Å². The predicted octanol–water partition coefficient (Wildman–Crippen LogP) is 1.64. The molecule has 0 N–H and O–H groups in total. The normalized spacial score (nSPS) is 17.7. The van der Waals surface area contributed by atoms with Crippen LogP contribution < -0.4 is 0 Å². The summed E-state index contributed by atoms with van der Waals surface area (Å²) < 4.78 is 5.07. The van der Waals surface area contributed by atoms with Crippen LogP contribution in [0.25, 0.3) is 0 Å². The molecule has 0 heterocycles. The topological polar surface area (TPSA) is 43.4 Å². The van der Waals surface area contributed by atoms with Gasteiger partial charge >= 0.3 is 0 Å². The average molecular weight is 194 g/mol. The Morgan fingerprint density at radius 1 is 1.14 bits per heavy atom. The minimum absolute atomic E-state index is 0.372. The van der Waals surface area contributed by atoms with Gasteiger partial charge in [-0.3, -0.25) is 9.59 Å². The molecule has 0 aromatic heterocycles. The number of hydrogen-bond acceptors (Lipinski definition) is 3. The fraction of sp³-hybridized carbons (Fsp3) is 0.455. The maximum Gasteiger partial charge on any atom is 0.233 e. The molecule has 0 amide bonds. The lowest BCUT2D eigenvalue weighted by Crippen LogP contribution is -2.28. The maximum atomic E-state index is 11.6. The Morgan fingerprint density at radius 2 is 1.71 bits per heavy atom. The zero-order valence-corrected chi connectivity index (χ0v) is 8.88. The third-order valence-electron chi connectivity index (χ3n) is 2.05. The van der Waals surface area contributed by atoms with Crippen LogP contribution in [0.15, 0.2) is 23.5 Å². The molecule has 0 saturated heterocycles. The molecular formula is C11H14O3. The maximum absolute atomic E-state index is 11.6. The van der Waals surface area contributed by atoms with Crippen molar-refractivity contribution in [1.82, 2.24) is 0 Å². The summed E-state index contributed by atoms with van der Waals surface area (Å²) in [6, 6.07) is 0. The molecule has 0 aromatic carbocycles. The van der Waals surface area contributed by atoms with Gasteiger partial charge in [-0.25, -0.2) is 0 Å². The summed E-state index contributed by atoms with van der Waals surface area (Å²) in [5.74, 6) is -0.449. The van der Waals surface area contributed by atoms with Crippen LogP contribution in [0, 0.1) is 5.41 Å². The second-order valence-corrected chi connectivity index (χ2v) is 4.22. The Balaban J connectivity index is 3.29. The highest BCUT2D eigenvalue weighted by Gasteiger charge is 2.33. The van der Waals surface area contributed by atoms with E-state index in [0.717, 1.165) is 0 Å². The standard InChI is InChI=1S/C11H14O3/c1-11(2,3)9-8(14-4)6-5-7(12)10(9)13/h5-6H,1-4H3. The van der Waals surface area contributed by atoms with Gasteiger partial charge in [0.1, 0.15) is 5.76 Å². The molecule has 1 aliphatic carbocycles. The molecule has 0 radical (unpaired) electrons. The quantitative estimate of drug-likeness (QED) is 0.471. The number of methoxy groups -OCH3 is 1. The van der Waals surface area contributed by atoms with Gasteiger partial charge in [0.05, 0.1) is 12.7 Å². The molecule has 1 aliphatic rings. The fourth-order valence-corrected chi connectivity index (χ4v) is 1.43. The third kappa shape index (κ3) is 1.76. The first kappa shape index (κ1) is 10.7. The number of ketones is 2. The van der Waals surface area contributed by atoms with E-state index in [1.54, 1.807) is 6.08 Å². The number of ether oxygens (including phenoxy) is 1. The minimum Gasteiger partial charge on any atom is -0.496 e. The number of Topliss-reactive ketones (excluding diaryl/α,β-unsaturated/α-hetero) is 1. The molecule has 0 bridgehead atoms. The Morgan fingerprint density at radius 3 is 2.14 bits per heavy atom. The summed E-state index contributed by atoms with van der Waals surface area (Å²) in [6.45, 7) is 5.64. The third-order valence-corrected chi connectivity index (χ3v) is 2.05. The lowest BCUT2D eigenvalue weighted by Gasteiger charge is -2.24. The van der Waals surface area contributed by atoms with E-state index in [-0.39, 0.29) is 5.41 Å². The monoisotopic (exact) mass is 194 g/mol.